The van der Waals surface area contributed by atoms with E-state index in [0.29, 0.717) is 18.7 Å². The molecule has 1 fully saturated rings. The highest BCUT2D eigenvalue weighted by atomic mass is 35.5. The number of halogens is 1. The van der Waals surface area contributed by atoms with Crippen molar-refractivity contribution in [3.8, 4) is 5.69 Å². The van der Waals surface area contributed by atoms with Gasteiger partial charge in [0, 0.05) is 45.3 Å². The Morgan fingerprint density at radius 1 is 1.27 bits per heavy atom. The Labute approximate surface area is 158 Å². The van der Waals surface area contributed by atoms with E-state index in [9.17, 15) is 4.79 Å². The smallest absolute Gasteiger partial charge is 0.257 e. The third-order valence-corrected chi connectivity index (χ3v) is 4.51. The number of aryl methyl sites for hydroxylation is 1. The van der Waals surface area contributed by atoms with Crippen LogP contribution in [0.3, 0.4) is 0 Å². The molecule has 0 aliphatic carbocycles. The summed E-state index contributed by atoms with van der Waals surface area (Å²) in [7, 11) is 1.95. The molecular weight excluding hydrogens is 352 g/mol. The van der Waals surface area contributed by atoms with Gasteiger partial charge in [-0.3, -0.25) is 4.79 Å². The van der Waals surface area contributed by atoms with Crippen molar-refractivity contribution in [2.75, 3.05) is 19.6 Å². The van der Waals surface area contributed by atoms with Gasteiger partial charge in [0.05, 0.1) is 17.4 Å². The van der Waals surface area contributed by atoms with Gasteiger partial charge >= 0.3 is 0 Å². The van der Waals surface area contributed by atoms with Gasteiger partial charge in [0.15, 0.2) is 0 Å². The van der Waals surface area contributed by atoms with Crippen molar-refractivity contribution in [2.24, 2.45) is 7.05 Å². The number of benzene rings is 1. The van der Waals surface area contributed by atoms with Gasteiger partial charge in [-0.2, -0.15) is 5.10 Å². The fourth-order valence-corrected chi connectivity index (χ4v) is 3.20. The molecule has 0 radical (unpaired) electrons. The van der Waals surface area contributed by atoms with Crippen molar-refractivity contribution < 1.29 is 4.79 Å². The summed E-state index contributed by atoms with van der Waals surface area (Å²) in [6.45, 7) is 2.12. The van der Waals surface area contributed by atoms with E-state index in [0.717, 1.165) is 18.1 Å². The molecule has 3 aromatic rings. The van der Waals surface area contributed by atoms with Gasteiger partial charge in [-0.25, -0.2) is 9.67 Å². The third kappa shape index (κ3) is 3.36. The minimum atomic E-state index is -0.0821. The molecule has 1 unspecified atom stereocenters. The Balaban J connectivity index is 0.00000196. The molecule has 4 rings (SSSR count). The molecule has 0 spiro atoms. The molecule has 3 heterocycles. The summed E-state index contributed by atoms with van der Waals surface area (Å²) in [5.74, 6) is 0.868. The molecule has 1 amide bonds. The lowest BCUT2D eigenvalue weighted by molar-refractivity contribution is 0.0621. The number of rotatable bonds is 3. The maximum absolute atomic E-state index is 13.1. The van der Waals surface area contributed by atoms with E-state index in [2.05, 4.69) is 15.4 Å². The average molecular weight is 373 g/mol. The van der Waals surface area contributed by atoms with Crippen LogP contribution in [0.5, 0.6) is 0 Å². The van der Waals surface area contributed by atoms with Crippen molar-refractivity contribution in [1.29, 1.82) is 0 Å². The van der Waals surface area contributed by atoms with E-state index in [1.165, 1.54) is 0 Å². The zero-order valence-electron chi connectivity index (χ0n) is 14.4. The highest BCUT2D eigenvalue weighted by Crippen LogP contribution is 2.23. The van der Waals surface area contributed by atoms with E-state index in [4.69, 9.17) is 0 Å². The SMILES string of the molecule is Cl.Cn1ccnc1C1CNCCN1C(=O)c1cnn(-c2ccccc2)c1. The van der Waals surface area contributed by atoms with Crippen LogP contribution in [0.4, 0.5) is 0 Å². The topological polar surface area (TPSA) is 68.0 Å². The molecule has 0 bridgehead atoms. The Kier molecular flexibility index (Phi) is 5.39. The fourth-order valence-electron chi connectivity index (χ4n) is 3.20. The lowest BCUT2D eigenvalue weighted by atomic mass is 10.1. The summed E-state index contributed by atoms with van der Waals surface area (Å²) in [5.41, 5.74) is 1.52. The molecule has 2 aromatic heterocycles. The molecular formula is C18H21ClN6O. The number of para-hydroxylation sites is 1. The maximum atomic E-state index is 13.1. The van der Waals surface area contributed by atoms with E-state index >= 15 is 0 Å². The van der Waals surface area contributed by atoms with Gasteiger partial charge in [0.2, 0.25) is 0 Å². The van der Waals surface area contributed by atoms with E-state index < -0.39 is 0 Å². The third-order valence-electron chi connectivity index (χ3n) is 4.51. The van der Waals surface area contributed by atoms with Crippen molar-refractivity contribution in [1.82, 2.24) is 29.5 Å². The predicted molar refractivity (Wildman–Crippen MR) is 101 cm³/mol. The van der Waals surface area contributed by atoms with Crippen molar-refractivity contribution in [3.05, 3.63) is 66.5 Å². The molecule has 1 aromatic carbocycles. The maximum Gasteiger partial charge on any atom is 0.257 e. The van der Waals surface area contributed by atoms with Gasteiger partial charge in [-0.05, 0) is 12.1 Å². The Hall–Kier alpha value is -2.64. The summed E-state index contributed by atoms with van der Waals surface area (Å²) in [5, 5.41) is 7.69. The van der Waals surface area contributed by atoms with E-state index in [-0.39, 0.29) is 24.4 Å². The number of imidazole rings is 1. The number of carbonyl (C=O) groups is 1. The molecule has 136 valence electrons. The summed E-state index contributed by atoms with van der Waals surface area (Å²) >= 11 is 0. The monoisotopic (exact) mass is 372 g/mol. The molecule has 8 heteroatoms. The average Bonchev–Trinajstić information content (AvgIpc) is 3.31. The zero-order chi connectivity index (χ0) is 17.2. The van der Waals surface area contributed by atoms with Crippen molar-refractivity contribution in [2.45, 2.75) is 6.04 Å². The van der Waals surface area contributed by atoms with E-state index in [1.807, 2.05) is 53.0 Å². The van der Waals surface area contributed by atoms with Gasteiger partial charge in [0.1, 0.15) is 11.9 Å². The molecule has 0 saturated carbocycles. The normalized spacial score (nSPS) is 17.0. The predicted octanol–water partition coefficient (Wildman–Crippen LogP) is 1.81. The van der Waals surface area contributed by atoms with Crippen LogP contribution < -0.4 is 5.32 Å². The largest absolute Gasteiger partial charge is 0.336 e. The second-order valence-electron chi connectivity index (χ2n) is 6.12. The lowest BCUT2D eigenvalue weighted by Crippen LogP contribution is -2.49. The second-order valence-corrected chi connectivity index (χ2v) is 6.12. The summed E-state index contributed by atoms with van der Waals surface area (Å²) in [6.07, 6.45) is 7.09. The van der Waals surface area contributed by atoms with Crippen LogP contribution in [0.2, 0.25) is 0 Å². The molecule has 1 N–H and O–H groups in total. The summed E-state index contributed by atoms with van der Waals surface area (Å²) in [4.78, 5) is 19.4. The Bertz CT molecular complexity index is 875. The fraction of sp³-hybridized carbons (Fsp3) is 0.278. The first kappa shape index (κ1) is 18.2. The highest BCUT2D eigenvalue weighted by Gasteiger charge is 2.31. The van der Waals surface area contributed by atoms with Crippen LogP contribution in [0.15, 0.2) is 55.1 Å². The molecule has 26 heavy (non-hydrogen) atoms. The number of hydrogen-bond donors (Lipinski definition) is 1. The number of piperazine rings is 1. The number of amides is 1. The molecule has 1 aliphatic rings. The first-order chi connectivity index (χ1) is 12.2. The number of nitrogens with one attached hydrogen (secondary N) is 1. The lowest BCUT2D eigenvalue weighted by Gasteiger charge is -2.35. The number of nitrogens with zero attached hydrogens (tertiary/aromatic N) is 5. The van der Waals surface area contributed by atoms with Crippen LogP contribution in [0.25, 0.3) is 5.69 Å². The van der Waals surface area contributed by atoms with Crippen LogP contribution in [0, 0.1) is 0 Å². The van der Waals surface area contributed by atoms with Crippen LogP contribution >= 0.6 is 12.4 Å². The van der Waals surface area contributed by atoms with Crippen LogP contribution in [-0.2, 0) is 7.05 Å². The van der Waals surface area contributed by atoms with Gasteiger partial charge < -0.3 is 14.8 Å². The number of carbonyl (C=O) groups excluding carboxylic acids is 1. The van der Waals surface area contributed by atoms with Gasteiger partial charge in [-0.15, -0.1) is 12.4 Å². The van der Waals surface area contributed by atoms with Gasteiger partial charge in [-0.1, -0.05) is 18.2 Å². The standard InChI is InChI=1S/C18H20N6O.ClH/c1-22-9-8-20-17(22)16-12-19-7-10-23(16)18(25)14-11-21-24(13-14)15-5-3-2-4-6-15;/h2-6,8-9,11,13,16,19H,7,10,12H2,1H3;1H. The minimum absolute atomic E-state index is 0. The van der Waals surface area contributed by atoms with Crippen molar-refractivity contribution >= 4 is 18.3 Å². The Morgan fingerprint density at radius 2 is 2.08 bits per heavy atom. The first-order valence-electron chi connectivity index (χ1n) is 8.33. The summed E-state index contributed by atoms with van der Waals surface area (Å²) < 4.78 is 3.69. The second kappa shape index (κ2) is 7.72. The van der Waals surface area contributed by atoms with E-state index in [1.54, 1.807) is 23.3 Å². The van der Waals surface area contributed by atoms with Crippen LogP contribution in [-0.4, -0.2) is 49.8 Å². The molecule has 1 atom stereocenters. The molecule has 1 aliphatic heterocycles. The number of aromatic nitrogens is 4. The zero-order valence-corrected chi connectivity index (χ0v) is 15.3. The van der Waals surface area contributed by atoms with Crippen LogP contribution in [0.1, 0.15) is 22.2 Å². The van der Waals surface area contributed by atoms with Crippen molar-refractivity contribution in [3.63, 3.8) is 0 Å². The highest BCUT2D eigenvalue weighted by molar-refractivity contribution is 5.94. The molecule has 7 nitrogen and oxygen atoms in total. The first-order valence-corrected chi connectivity index (χ1v) is 8.33. The quantitative estimate of drug-likeness (QED) is 0.761. The molecule has 1 saturated heterocycles. The number of hydrogen-bond acceptors (Lipinski definition) is 4. The minimum Gasteiger partial charge on any atom is -0.336 e. The Morgan fingerprint density at radius 3 is 2.81 bits per heavy atom. The summed E-state index contributed by atoms with van der Waals surface area (Å²) in [6, 6.07) is 9.70. The van der Waals surface area contributed by atoms with Gasteiger partial charge in [0.25, 0.3) is 5.91 Å².